The van der Waals surface area contributed by atoms with Crippen molar-refractivity contribution in [3.8, 4) is 11.5 Å². The monoisotopic (exact) mass is 356 g/mol. The molecule has 1 aromatic rings. The molecule has 0 bridgehead atoms. The Morgan fingerprint density at radius 1 is 0.955 bits per heavy atom. The Labute approximate surface area is 144 Å². The molecule has 0 saturated heterocycles. The van der Waals surface area contributed by atoms with Gasteiger partial charge in [-0.2, -0.15) is 0 Å². The molecule has 0 radical (unpaired) electrons. The maximum absolute atomic E-state index is 8.75. The number of hydrogen-bond donors (Lipinski definition) is 4. The van der Waals surface area contributed by atoms with Crippen molar-refractivity contribution in [2.24, 2.45) is 0 Å². The van der Waals surface area contributed by atoms with Crippen LogP contribution in [0.5, 0.6) is 11.5 Å². The van der Waals surface area contributed by atoms with E-state index >= 15 is 0 Å². The first kappa shape index (κ1) is 23.5. The van der Waals surface area contributed by atoms with Gasteiger partial charge < -0.3 is 30.3 Å². The lowest BCUT2D eigenvalue weighted by atomic mass is 10.2. The van der Waals surface area contributed by atoms with Crippen LogP contribution in [0.25, 0.3) is 0 Å². The molecule has 4 N–H and O–H groups in total. The van der Waals surface area contributed by atoms with Gasteiger partial charge in [-0.25, -0.2) is 0 Å². The molecular weight excluding hydrogens is 331 g/mol. The molecule has 1 rings (SSSR count). The summed E-state index contributed by atoms with van der Waals surface area (Å²) in [6, 6.07) is 5.72. The number of benzene rings is 1. The van der Waals surface area contributed by atoms with E-state index in [1.807, 2.05) is 18.2 Å². The highest BCUT2D eigenvalue weighted by Crippen LogP contribution is 2.27. The summed E-state index contributed by atoms with van der Waals surface area (Å²) in [4.78, 5) is 0. The van der Waals surface area contributed by atoms with Gasteiger partial charge >= 0.3 is 0 Å². The summed E-state index contributed by atoms with van der Waals surface area (Å²) in [6.07, 6.45) is 0. The summed E-state index contributed by atoms with van der Waals surface area (Å²) < 4.78 is 10.6. The van der Waals surface area contributed by atoms with Crippen molar-refractivity contribution >= 4 is 24.8 Å². The van der Waals surface area contributed by atoms with E-state index in [1.165, 1.54) is 0 Å². The zero-order valence-corrected chi connectivity index (χ0v) is 14.3. The Bertz CT molecular complexity index is 384. The van der Waals surface area contributed by atoms with Crippen molar-refractivity contribution in [2.45, 2.75) is 6.54 Å². The van der Waals surface area contributed by atoms with Crippen LogP contribution in [0, 0.1) is 0 Å². The number of aliphatic hydroxyl groups is 2. The molecule has 0 fully saturated rings. The lowest BCUT2D eigenvalue weighted by Gasteiger charge is -2.12. The molecule has 0 unspecified atom stereocenters. The second-order valence-corrected chi connectivity index (χ2v) is 4.21. The highest BCUT2D eigenvalue weighted by molar-refractivity contribution is 5.85. The molecular formula is C14H26Cl2N2O4. The maximum atomic E-state index is 8.75. The summed E-state index contributed by atoms with van der Waals surface area (Å²) >= 11 is 0. The van der Waals surface area contributed by atoms with E-state index in [0.717, 1.165) is 25.2 Å². The molecule has 130 valence electrons. The average molecular weight is 357 g/mol. The highest BCUT2D eigenvalue weighted by atomic mass is 35.5. The van der Waals surface area contributed by atoms with E-state index in [-0.39, 0.29) is 44.6 Å². The van der Waals surface area contributed by atoms with E-state index in [0.29, 0.717) is 18.0 Å². The van der Waals surface area contributed by atoms with Crippen LogP contribution in [-0.2, 0) is 6.54 Å². The first-order valence-electron chi connectivity index (χ1n) is 6.74. The number of rotatable bonds is 11. The van der Waals surface area contributed by atoms with Crippen molar-refractivity contribution in [1.82, 2.24) is 10.6 Å². The van der Waals surface area contributed by atoms with Gasteiger partial charge in [0.05, 0.1) is 20.3 Å². The van der Waals surface area contributed by atoms with Crippen molar-refractivity contribution < 1.29 is 19.7 Å². The molecule has 0 spiro atoms. The van der Waals surface area contributed by atoms with Gasteiger partial charge in [0, 0.05) is 26.2 Å². The third-order valence-corrected chi connectivity index (χ3v) is 2.67. The molecule has 0 aliphatic rings. The van der Waals surface area contributed by atoms with Crippen LogP contribution in [0.4, 0.5) is 0 Å². The Morgan fingerprint density at radius 3 is 2.32 bits per heavy atom. The molecule has 0 saturated carbocycles. The number of aliphatic hydroxyl groups excluding tert-OH is 2. The molecule has 0 aromatic heterocycles. The molecule has 0 amide bonds. The Morgan fingerprint density at radius 2 is 1.68 bits per heavy atom. The second-order valence-electron chi connectivity index (χ2n) is 4.21. The fraction of sp³-hybridized carbons (Fsp3) is 0.571. The Balaban J connectivity index is 0. The second kappa shape index (κ2) is 15.1. The molecule has 0 atom stereocenters. The zero-order chi connectivity index (χ0) is 14.6. The third-order valence-electron chi connectivity index (χ3n) is 2.67. The number of nitrogens with one attached hydrogen (secondary N) is 2. The van der Waals surface area contributed by atoms with E-state index in [4.69, 9.17) is 19.7 Å². The standard InChI is InChI=1S/C14H24N2O4.2ClH/c1-19-14-10-12(2-3-13(14)20-9-8-18)11-16-5-4-15-6-7-17;;/h2-3,10,15-18H,4-9,11H2,1H3;2*1H. The molecule has 0 aliphatic heterocycles. The van der Waals surface area contributed by atoms with Gasteiger partial charge in [-0.3, -0.25) is 0 Å². The molecule has 0 heterocycles. The first-order valence-corrected chi connectivity index (χ1v) is 6.74. The first-order chi connectivity index (χ1) is 9.81. The summed E-state index contributed by atoms with van der Waals surface area (Å²) in [5.74, 6) is 1.30. The predicted molar refractivity (Wildman–Crippen MR) is 91.7 cm³/mol. The van der Waals surface area contributed by atoms with Crippen LogP contribution in [0.1, 0.15) is 5.56 Å². The minimum absolute atomic E-state index is 0. The van der Waals surface area contributed by atoms with E-state index in [1.54, 1.807) is 7.11 Å². The van der Waals surface area contributed by atoms with Gasteiger partial charge in [0.15, 0.2) is 11.5 Å². The number of ether oxygens (including phenoxy) is 2. The van der Waals surface area contributed by atoms with Gasteiger partial charge in [0.1, 0.15) is 6.61 Å². The summed E-state index contributed by atoms with van der Waals surface area (Å²) in [6.45, 7) is 3.38. The van der Waals surface area contributed by atoms with E-state index in [9.17, 15) is 0 Å². The smallest absolute Gasteiger partial charge is 0.161 e. The largest absolute Gasteiger partial charge is 0.493 e. The predicted octanol–water partition coefficient (Wildman–Crippen LogP) is 0.581. The SMILES string of the molecule is COc1cc(CNCCNCCO)ccc1OCCO.Cl.Cl. The molecule has 6 nitrogen and oxygen atoms in total. The molecule has 8 heteroatoms. The van der Waals surface area contributed by atoms with Crippen LogP contribution < -0.4 is 20.1 Å². The Hall–Kier alpha value is -0.760. The lowest BCUT2D eigenvalue weighted by Crippen LogP contribution is -2.28. The molecule has 22 heavy (non-hydrogen) atoms. The minimum Gasteiger partial charge on any atom is -0.493 e. The number of halogens is 2. The quantitative estimate of drug-likeness (QED) is 0.434. The van der Waals surface area contributed by atoms with Gasteiger partial charge in [0.25, 0.3) is 0 Å². The maximum Gasteiger partial charge on any atom is 0.161 e. The molecule has 0 aliphatic carbocycles. The Kier molecular flexibility index (Phi) is 16.2. The number of hydrogen-bond acceptors (Lipinski definition) is 6. The van der Waals surface area contributed by atoms with Crippen molar-refractivity contribution in [1.29, 1.82) is 0 Å². The van der Waals surface area contributed by atoms with Gasteiger partial charge in [-0.05, 0) is 17.7 Å². The zero-order valence-electron chi connectivity index (χ0n) is 12.7. The number of methoxy groups -OCH3 is 1. The highest BCUT2D eigenvalue weighted by Gasteiger charge is 2.05. The van der Waals surface area contributed by atoms with Crippen molar-refractivity contribution in [3.05, 3.63) is 23.8 Å². The van der Waals surface area contributed by atoms with Crippen molar-refractivity contribution in [2.75, 3.05) is 46.6 Å². The van der Waals surface area contributed by atoms with Crippen LogP contribution in [-0.4, -0.2) is 56.8 Å². The average Bonchev–Trinajstić information content (AvgIpc) is 2.49. The fourth-order valence-corrected chi connectivity index (χ4v) is 1.71. The van der Waals surface area contributed by atoms with E-state index in [2.05, 4.69) is 10.6 Å². The van der Waals surface area contributed by atoms with Gasteiger partial charge in [-0.1, -0.05) is 6.07 Å². The van der Waals surface area contributed by atoms with Crippen LogP contribution in [0.2, 0.25) is 0 Å². The van der Waals surface area contributed by atoms with Gasteiger partial charge in [0.2, 0.25) is 0 Å². The molecule has 1 aromatic carbocycles. The van der Waals surface area contributed by atoms with E-state index < -0.39 is 0 Å². The van der Waals surface area contributed by atoms with Crippen LogP contribution >= 0.6 is 24.8 Å². The minimum atomic E-state index is -0.0205. The van der Waals surface area contributed by atoms with Crippen molar-refractivity contribution in [3.63, 3.8) is 0 Å². The summed E-state index contributed by atoms with van der Waals surface area (Å²) in [5.41, 5.74) is 1.10. The van der Waals surface area contributed by atoms with Crippen LogP contribution in [0.15, 0.2) is 18.2 Å². The summed E-state index contributed by atoms with van der Waals surface area (Å²) in [5, 5.41) is 23.8. The lowest BCUT2D eigenvalue weighted by molar-refractivity contribution is 0.196. The third kappa shape index (κ3) is 9.30. The topological polar surface area (TPSA) is 83.0 Å². The van der Waals surface area contributed by atoms with Gasteiger partial charge in [-0.15, -0.1) is 24.8 Å². The summed E-state index contributed by atoms with van der Waals surface area (Å²) in [7, 11) is 1.59. The fourth-order valence-electron chi connectivity index (χ4n) is 1.71. The van der Waals surface area contributed by atoms with Crippen LogP contribution in [0.3, 0.4) is 0 Å². The normalized spacial score (nSPS) is 9.59.